The van der Waals surface area contributed by atoms with E-state index in [0.717, 1.165) is 12.8 Å². The molecule has 4 rings (SSSR count). The largest absolute Gasteiger partial charge is 0.366 e. The van der Waals surface area contributed by atoms with Gasteiger partial charge in [0.1, 0.15) is 0 Å². The average Bonchev–Trinajstić information content (AvgIpc) is 3.00. The predicted molar refractivity (Wildman–Crippen MR) is 68.1 cm³/mol. The van der Waals surface area contributed by atoms with E-state index in [1.54, 1.807) is 0 Å². The Morgan fingerprint density at radius 3 is 2.72 bits per heavy atom. The van der Waals surface area contributed by atoms with Gasteiger partial charge in [0.05, 0.1) is 11.7 Å². The minimum absolute atomic E-state index is 0.274. The Labute approximate surface area is 109 Å². The van der Waals surface area contributed by atoms with Gasteiger partial charge in [0.2, 0.25) is 5.91 Å². The Balaban J connectivity index is 1.26. The number of hydrogen-bond donors (Lipinski definition) is 1. The normalized spacial score (nSPS) is 45.9. The van der Waals surface area contributed by atoms with Crippen LogP contribution in [0.4, 0.5) is 0 Å². The number of rotatable bonds is 3. The maximum absolute atomic E-state index is 12.1. The van der Waals surface area contributed by atoms with E-state index in [1.807, 2.05) is 0 Å². The summed E-state index contributed by atoms with van der Waals surface area (Å²) in [5.74, 6) is 1.62. The van der Waals surface area contributed by atoms with Gasteiger partial charge >= 0.3 is 0 Å². The molecule has 4 unspecified atom stereocenters. The smallest absolute Gasteiger partial charge is 0.220 e. The van der Waals surface area contributed by atoms with Gasteiger partial charge in [-0.2, -0.15) is 0 Å². The number of ether oxygens (including phenoxy) is 1. The summed E-state index contributed by atoms with van der Waals surface area (Å²) in [6.07, 6.45) is 11.3. The number of carbonyl (C=O) groups excluding carboxylic acids is 1. The van der Waals surface area contributed by atoms with Crippen LogP contribution in [0.2, 0.25) is 0 Å². The van der Waals surface area contributed by atoms with Gasteiger partial charge in [-0.25, -0.2) is 0 Å². The molecule has 3 heteroatoms. The molecule has 3 aliphatic carbocycles. The van der Waals surface area contributed by atoms with Crippen LogP contribution < -0.4 is 5.32 Å². The zero-order valence-corrected chi connectivity index (χ0v) is 11.0. The second-order valence-electron chi connectivity index (χ2n) is 6.82. The number of epoxide rings is 1. The number of hydrogen-bond acceptors (Lipinski definition) is 2. The van der Waals surface area contributed by atoms with Crippen molar-refractivity contribution in [2.75, 3.05) is 0 Å². The first-order chi connectivity index (χ1) is 8.78. The molecular formula is C15H23NO2. The van der Waals surface area contributed by atoms with E-state index in [-0.39, 0.29) is 5.60 Å². The molecule has 1 amide bonds. The lowest BCUT2D eigenvalue weighted by Crippen LogP contribution is -2.46. The molecule has 1 spiro atoms. The quantitative estimate of drug-likeness (QED) is 0.780. The third kappa shape index (κ3) is 1.63. The van der Waals surface area contributed by atoms with E-state index in [0.29, 0.717) is 29.9 Å². The number of nitrogens with one attached hydrogen (secondary N) is 1. The summed E-state index contributed by atoms with van der Waals surface area (Å²) in [7, 11) is 0. The molecule has 0 radical (unpaired) electrons. The van der Waals surface area contributed by atoms with E-state index < -0.39 is 0 Å². The van der Waals surface area contributed by atoms with Crippen LogP contribution in [0.15, 0.2) is 0 Å². The van der Waals surface area contributed by atoms with Crippen LogP contribution in [0.25, 0.3) is 0 Å². The van der Waals surface area contributed by atoms with E-state index in [4.69, 9.17) is 4.74 Å². The van der Waals surface area contributed by atoms with Crippen LogP contribution in [-0.2, 0) is 9.53 Å². The zero-order valence-electron chi connectivity index (χ0n) is 11.0. The first-order valence-corrected chi connectivity index (χ1v) is 7.75. The second kappa shape index (κ2) is 3.96. The van der Waals surface area contributed by atoms with E-state index in [1.165, 1.54) is 44.9 Å². The summed E-state index contributed by atoms with van der Waals surface area (Å²) in [6, 6.07) is 0.466. The van der Waals surface area contributed by atoms with Gasteiger partial charge in [-0.3, -0.25) is 4.79 Å². The lowest BCUT2D eigenvalue weighted by Gasteiger charge is -2.41. The Bertz CT molecular complexity index is 362. The predicted octanol–water partition coefficient (Wildman–Crippen LogP) is 2.39. The van der Waals surface area contributed by atoms with Gasteiger partial charge in [0.25, 0.3) is 0 Å². The SMILES string of the molecule is O=C(CC1CC23OC2CCC13)NC1CCCCC1. The molecule has 0 aromatic carbocycles. The summed E-state index contributed by atoms with van der Waals surface area (Å²) in [5.41, 5.74) is 0.274. The fraction of sp³-hybridized carbons (Fsp3) is 0.933. The molecule has 4 atom stereocenters. The highest BCUT2D eigenvalue weighted by Gasteiger charge is 2.73. The lowest BCUT2D eigenvalue weighted by atomic mass is 9.64. The molecule has 1 saturated heterocycles. The van der Waals surface area contributed by atoms with E-state index in [2.05, 4.69) is 5.32 Å². The van der Waals surface area contributed by atoms with Crippen LogP contribution in [0.3, 0.4) is 0 Å². The molecule has 3 saturated carbocycles. The van der Waals surface area contributed by atoms with Crippen molar-refractivity contribution in [3.63, 3.8) is 0 Å². The van der Waals surface area contributed by atoms with Gasteiger partial charge in [-0.05, 0) is 43.9 Å². The van der Waals surface area contributed by atoms with E-state index in [9.17, 15) is 4.79 Å². The van der Waals surface area contributed by atoms with Gasteiger partial charge in [-0.15, -0.1) is 0 Å². The summed E-state index contributed by atoms with van der Waals surface area (Å²) in [6.45, 7) is 0. The van der Waals surface area contributed by atoms with Crippen LogP contribution in [0.5, 0.6) is 0 Å². The molecular weight excluding hydrogens is 226 g/mol. The fourth-order valence-corrected chi connectivity index (χ4v) is 4.78. The standard InChI is InChI=1S/C15H23NO2/c17-14(16-11-4-2-1-3-5-11)8-10-9-15-12(10)6-7-13(15)18-15/h10-13H,1-9H2,(H,16,17). The Hall–Kier alpha value is -0.570. The van der Waals surface area contributed by atoms with Gasteiger partial charge < -0.3 is 10.1 Å². The molecule has 1 aliphatic heterocycles. The number of amides is 1. The summed E-state index contributed by atoms with van der Waals surface area (Å²) in [4.78, 5) is 12.1. The Kier molecular flexibility index (Phi) is 2.48. The molecule has 3 nitrogen and oxygen atoms in total. The second-order valence-corrected chi connectivity index (χ2v) is 6.82. The highest BCUT2D eigenvalue weighted by molar-refractivity contribution is 5.76. The van der Waals surface area contributed by atoms with Crippen molar-refractivity contribution in [1.82, 2.24) is 5.32 Å². The highest BCUT2D eigenvalue weighted by Crippen LogP contribution is 2.67. The van der Waals surface area contributed by atoms with Gasteiger partial charge in [-0.1, -0.05) is 19.3 Å². The summed E-state index contributed by atoms with van der Waals surface area (Å²) in [5, 5.41) is 3.24. The van der Waals surface area contributed by atoms with Crippen LogP contribution in [-0.4, -0.2) is 23.7 Å². The topological polar surface area (TPSA) is 41.6 Å². The Morgan fingerprint density at radius 1 is 1.17 bits per heavy atom. The third-order valence-electron chi connectivity index (χ3n) is 5.79. The monoisotopic (exact) mass is 249 g/mol. The maximum atomic E-state index is 12.1. The first kappa shape index (κ1) is 11.3. The fourth-order valence-electron chi connectivity index (χ4n) is 4.78. The minimum atomic E-state index is 0.274. The van der Waals surface area contributed by atoms with Crippen molar-refractivity contribution >= 4 is 5.91 Å². The molecule has 1 heterocycles. The molecule has 1 N–H and O–H groups in total. The summed E-state index contributed by atoms with van der Waals surface area (Å²) < 4.78 is 5.77. The van der Waals surface area contributed by atoms with Crippen molar-refractivity contribution in [2.45, 2.75) is 75.5 Å². The molecule has 18 heavy (non-hydrogen) atoms. The van der Waals surface area contributed by atoms with E-state index >= 15 is 0 Å². The Morgan fingerprint density at radius 2 is 2.00 bits per heavy atom. The summed E-state index contributed by atoms with van der Waals surface area (Å²) >= 11 is 0. The van der Waals surface area contributed by atoms with Crippen molar-refractivity contribution < 1.29 is 9.53 Å². The maximum Gasteiger partial charge on any atom is 0.220 e. The van der Waals surface area contributed by atoms with Gasteiger partial charge in [0, 0.05) is 12.5 Å². The van der Waals surface area contributed by atoms with Crippen molar-refractivity contribution in [2.24, 2.45) is 11.8 Å². The minimum Gasteiger partial charge on any atom is -0.366 e. The van der Waals surface area contributed by atoms with Crippen molar-refractivity contribution in [3.8, 4) is 0 Å². The molecule has 100 valence electrons. The molecule has 0 aromatic heterocycles. The molecule has 0 aromatic rings. The molecule has 4 fully saturated rings. The average molecular weight is 249 g/mol. The van der Waals surface area contributed by atoms with Crippen LogP contribution in [0.1, 0.15) is 57.8 Å². The number of carbonyl (C=O) groups is 1. The molecule has 4 aliphatic rings. The van der Waals surface area contributed by atoms with Crippen molar-refractivity contribution in [3.05, 3.63) is 0 Å². The van der Waals surface area contributed by atoms with Gasteiger partial charge in [0.15, 0.2) is 0 Å². The lowest BCUT2D eigenvalue weighted by molar-refractivity contribution is -0.125. The first-order valence-electron chi connectivity index (χ1n) is 7.75. The molecule has 0 bridgehead atoms. The highest BCUT2D eigenvalue weighted by atomic mass is 16.6. The van der Waals surface area contributed by atoms with Crippen molar-refractivity contribution in [1.29, 1.82) is 0 Å². The van der Waals surface area contributed by atoms with Crippen LogP contribution >= 0.6 is 0 Å². The zero-order chi connectivity index (χ0) is 12.2. The third-order valence-corrected chi connectivity index (χ3v) is 5.79. The van der Waals surface area contributed by atoms with Crippen LogP contribution in [0, 0.1) is 11.8 Å².